The van der Waals surface area contributed by atoms with Gasteiger partial charge in [-0.1, -0.05) is 29.3 Å². The van der Waals surface area contributed by atoms with Crippen LogP contribution in [0, 0.1) is 10.6 Å². The van der Waals surface area contributed by atoms with Crippen LogP contribution in [-0.2, 0) is 20.2 Å². The van der Waals surface area contributed by atoms with Crippen molar-refractivity contribution in [2.75, 3.05) is 13.1 Å². The molecule has 1 saturated heterocycles. The SMILES string of the molecule is CC(=O)N1CCC(O)(c2ncc(-c3c(Cl)c(S(=O)(=O)c4ccc(C)cc4)nc4[nH]c(I)cc34)s2)C1. The number of amides is 1. The van der Waals surface area contributed by atoms with Gasteiger partial charge in [-0.05, 0) is 47.7 Å². The Bertz CT molecular complexity index is 1580. The minimum Gasteiger partial charge on any atom is -0.381 e. The van der Waals surface area contributed by atoms with Crippen LogP contribution in [-0.4, -0.2) is 52.4 Å². The molecule has 4 heterocycles. The molecule has 5 rings (SSSR count). The second kappa shape index (κ2) is 8.80. The van der Waals surface area contributed by atoms with Crippen molar-refractivity contribution in [1.82, 2.24) is 19.9 Å². The number of fused-ring (bicyclic) bond motifs is 1. The van der Waals surface area contributed by atoms with Gasteiger partial charge in [0.05, 0.1) is 25.0 Å². The number of likely N-dealkylation sites (tertiary alicyclic amines) is 1. The monoisotopic (exact) mass is 642 g/mol. The van der Waals surface area contributed by atoms with Gasteiger partial charge in [-0.25, -0.2) is 18.4 Å². The maximum absolute atomic E-state index is 13.5. The highest BCUT2D eigenvalue weighted by Crippen LogP contribution is 2.44. The molecule has 1 unspecified atom stereocenters. The Balaban J connectivity index is 1.66. The lowest BCUT2D eigenvalue weighted by molar-refractivity contribution is -0.128. The number of hydrogen-bond donors (Lipinski definition) is 2. The highest BCUT2D eigenvalue weighted by Gasteiger charge is 2.41. The summed E-state index contributed by atoms with van der Waals surface area (Å²) in [7, 11) is -4.01. The molecule has 1 atom stereocenters. The van der Waals surface area contributed by atoms with Crippen molar-refractivity contribution in [2.45, 2.75) is 35.8 Å². The van der Waals surface area contributed by atoms with Crippen LogP contribution in [0.2, 0.25) is 5.02 Å². The number of carbonyl (C=O) groups is 1. The molecular formula is C23H20ClIN4O4S2. The number of carbonyl (C=O) groups excluding carboxylic acids is 1. The first-order valence-electron chi connectivity index (χ1n) is 10.6. The van der Waals surface area contributed by atoms with Crippen LogP contribution in [0.25, 0.3) is 21.5 Å². The third-order valence-corrected chi connectivity index (χ3v) is 10.0. The van der Waals surface area contributed by atoms with Crippen molar-refractivity contribution in [2.24, 2.45) is 0 Å². The van der Waals surface area contributed by atoms with E-state index in [1.807, 2.05) is 13.0 Å². The first kappa shape index (κ1) is 24.6. The van der Waals surface area contributed by atoms with Gasteiger partial charge in [-0.2, -0.15) is 0 Å². The largest absolute Gasteiger partial charge is 0.381 e. The number of benzene rings is 1. The summed E-state index contributed by atoms with van der Waals surface area (Å²) in [5, 5.41) is 12.0. The van der Waals surface area contributed by atoms with Gasteiger partial charge in [0.15, 0.2) is 5.03 Å². The summed E-state index contributed by atoms with van der Waals surface area (Å²) in [6, 6.07) is 8.35. The molecule has 4 aromatic rings. The number of aromatic nitrogens is 3. The highest BCUT2D eigenvalue weighted by atomic mass is 127. The molecular weight excluding hydrogens is 623 g/mol. The number of nitrogens with zero attached hydrogens (tertiary/aromatic N) is 3. The fourth-order valence-corrected chi connectivity index (χ4v) is 7.69. The lowest BCUT2D eigenvalue weighted by atomic mass is 10.1. The summed E-state index contributed by atoms with van der Waals surface area (Å²) in [6.07, 6.45) is 1.95. The van der Waals surface area contributed by atoms with Crippen LogP contribution in [0.15, 0.2) is 46.5 Å². The molecule has 0 radical (unpaired) electrons. The predicted octanol–water partition coefficient (Wildman–Crippen LogP) is 4.53. The standard InChI is InChI=1S/C23H20ClIN4O4S2/c1-12-3-5-14(6-4-12)35(32,33)21-19(24)18(15-9-17(25)27-20(15)28-21)16-10-26-22(34-16)23(31)7-8-29(11-23)13(2)30/h3-6,9-10,31H,7-8,11H2,1-2H3,(H,27,28). The average molecular weight is 643 g/mol. The van der Waals surface area contributed by atoms with E-state index in [9.17, 15) is 18.3 Å². The van der Waals surface area contributed by atoms with E-state index in [0.29, 0.717) is 39.4 Å². The Kier molecular flexibility index (Phi) is 6.19. The Labute approximate surface area is 224 Å². The maximum atomic E-state index is 13.5. The van der Waals surface area contributed by atoms with E-state index in [-0.39, 0.29) is 27.4 Å². The third-order valence-electron chi connectivity index (χ3n) is 6.08. The van der Waals surface area contributed by atoms with Gasteiger partial charge < -0.3 is 15.0 Å². The molecule has 0 aliphatic carbocycles. The number of aryl methyl sites for hydroxylation is 1. The number of aliphatic hydroxyl groups is 1. The van der Waals surface area contributed by atoms with E-state index in [2.05, 4.69) is 37.5 Å². The molecule has 3 aromatic heterocycles. The van der Waals surface area contributed by atoms with E-state index in [0.717, 1.165) is 9.26 Å². The molecule has 0 saturated carbocycles. The Morgan fingerprint density at radius 3 is 2.69 bits per heavy atom. The zero-order chi connectivity index (χ0) is 25.1. The first-order valence-corrected chi connectivity index (χ1v) is 14.4. The Morgan fingerprint density at radius 2 is 2.03 bits per heavy atom. The minimum atomic E-state index is -4.01. The molecule has 0 bridgehead atoms. The second-order valence-corrected chi connectivity index (χ2v) is 13.0. The van der Waals surface area contributed by atoms with E-state index in [1.54, 1.807) is 23.2 Å². The van der Waals surface area contributed by atoms with Crippen molar-refractivity contribution in [1.29, 1.82) is 0 Å². The lowest BCUT2D eigenvalue weighted by Crippen LogP contribution is -2.32. The van der Waals surface area contributed by atoms with E-state index < -0.39 is 15.4 Å². The van der Waals surface area contributed by atoms with Gasteiger partial charge in [-0.15, -0.1) is 11.3 Å². The number of pyridine rings is 1. The van der Waals surface area contributed by atoms with Crippen molar-refractivity contribution < 1.29 is 18.3 Å². The zero-order valence-corrected chi connectivity index (χ0v) is 23.2. The molecule has 1 aromatic carbocycles. The molecule has 1 aliphatic heterocycles. The summed E-state index contributed by atoms with van der Waals surface area (Å²) in [4.78, 5) is 26.0. The van der Waals surface area contributed by atoms with Gasteiger partial charge in [-0.3, -0.25) is 4.79 Å². The van der Waals surface area contributed by atoms with E-state index >= 15 is 0 Å². The molecule has 35 heavy (non-hydrogen) atoms. The summed E-state index contributed by atoms with van der Waals surface area (Å²) in [6.45, 7) is 3.94. The molecule has 12 heteroatoms. The van der Waals surface area contributed by atoms with Gasteiger partial charge in [0.25, 0.3) is 0 Å². The molecule has 182 valence electrons. The Hall–Kier alpha value is -2.06. The van der Waals surface area contributed by atoms with Crippen LogP contribution in [0.4, 0.5) is 0 Å². The Morgan fingerprint density at radius 1 is 1.31 bits per heavy atom. The summed E-state index contributed by atoms with van der Waals surface area (Å²) in [5.41, 5.74) is 0.534. The average Bonchev–Trinajstić information content (AvgIpc) is 3.52. The second-order valence-electron chi connectivity index (χ2n) is 8.55. The van der Waals surface area contributed by atoms with E-state index in [4.69, 9.17) is 11.6 Å². The number of thiazole rings is 1. The number of β-amino-alcohol motifs (C(OH)–C–C–N with tert-alkyl or cyclic N) is 1. The van der Waals surface area contributed by atoms with Gasteiger partial charge >= 0.3 is 0 Å². The van der Waals surface area contributed by atoms with Gasteiger partial charge in [0, 0.05) is 37.0 Å². The summed E-state index contributed by atoms with van der Waals surface area (Å²) >= 11 is 10.1. The van der Waals surface area contributed by atoms with Crippen molar-refractivity contribution in [3.8, 4) is 10.4 Å². The number of rotatable bonds is 4. The first-order chi connectivity index (χ1) is 16.5. The number of hydrogen-bond acceptors (Lipinski definition) is 7. The van der Waals surface area contributed by atoms with Gasteiger partial charge in [0.2, 0.25) is 15.7 Å². The molecule has 1 aliphatic rings. The normalized spacial score (nSPS) is 18.5. The van der Waals surface area contributed by atoms with E-state index in [1.165, 1.54) is 30.4 Å². The topological polar surface area (TPSA) is 116 Å². The maximum Gasteiger partial charge on any atom is 0.225 e. The molecule has 2 N–H and O–H groups in total. The zero-order valence-electron chi connectivity index (χ0n) is 18.7. The van der Waals surface area contributed by atoms with Gasteiger partial charge in [0.1, 0.15) is 16.3 Å². The molecule has 1 fully saturated rings. The predicted molar refractivity (Wildman–Crippen MR) is 142 cm³/mol. The summed E-state index contributed by atoms with van der Waals surface area (Å²) in [5.74, 6) is -0.107. The summed E-state index contributed by atoms with van der Waals surface area (Å²) < 4.78 is 27.8. The van der Waals surface area contributed by atoms with Crippen molar-refractivity contribution in [3.63, 3.8) is 0 Å². The van der Waals surface area contributed by atoms with Crippen LogP contribution < -0.4 is 0 Å². The number of H-pyrrole nitrogens is 1. The quantitative estimate of drug-likeness (QED) is 0.316. The fourth-order valence-electron chi connectivity index (χ4n) is 4.16. The van der Waals surface area contributed by atoms with Crippen LogP contribution in [0.3, 0.4) is 0 Å². The number of halogens is 2. The van der Waals surface area contributed by atoms with Crippen molar-refractivity contribution in [3.05, 3.63) is 55.8 Å². The van der Waals surface area contributed by atoms with Crippen LogP contribution in [0.5, 0.6) is 0 Å². The molecule has 1 amide bonds. The highest BCUT2D eigenvalue weighted by molar-refractivity contribution is 14.1. The molecule has 0 spiro atoms. The smallest absolute Gasteiger partial charge is 0.225 e. The third kappa shape index (κ3) is 4.26. The fraction of sp³-hybridized carbons (Fsp3) is 0.261. The number of aromatic amines is 1. The number of sulfone groups is 1. The lowest BCUT2D eigenvalue weighted by Gasteiger charge is -2.20. The number of nitrogens with one attached hydrogen (secondary N) is 1. The van der Waals surface area contributed by atoms with Crippen LogP contribution in [0.1, 0.15) is 23.9 Å². The van der Waals surface area contributed by atoms with Crippen molar-refractivity contribution >= 4 is 72.3 Å². The minimum absolute atomic E-state index is 0.00699. The van der Waals surface area contributed by atoms with Crippen LogP contribution >= 0.6 is 45.5 Å². The molecule has 8 nitrogen and oxygen atoms in total.